The Hall–Kier alpha value is -1.08. The van der Waals surface area contributed by atoms with Gasteiger partial charge in [-0.25, -0.2) is 0 Å². The minimum Gasteiger partial charge on any atom is -0.396 e. The number of fused-ring (bicyclic) bond motifs is 2. The fraction of sp³-hybridized carbons (Fsp3) is 0.333. The Morgan fingerprint density at radius 1 is 1.38 bits per heavy atom. The molecule has 66 valence electrons. The van der Waals surface area contributed by atoms with Crippen LogP contribution in [0.1, 0.15) is 17.5 Å². The summed E-state index contributed by atoms with van der Waals surface area (Å²) in [5.41, 5.74) is 2.96. The van der Waals surface area contributed by atoms with Gasteiger partial charge in [-0.15, -0.1) is 0 Å². The minimum atomic E-state index is 0.214. The van der Waals surface area contributed by atoms with Crippen LogP contribution in [0.5, 0.6) is 0 Å². The van der Waals surface area contributed by atoms with Crippen molar-refractivity contribution in [2.24, 2.45) is 5.92 Å². The first-order valence-corrected chi connectivity index (χ1v) is 4.76. The Morgan fingerprint density at radius 3 is 3.00 bits per heavy atom. The van der Waals surface area contributed by atoms with Crippen molar-refractivity contribution in [2.75, 3.05) is 6.61 Å². The van der Waals surface area contributed by atoms with Crippen molar-refractivity contribution in [1.82, 2.24) is 0 Å². The molecule has 0 saturated heterocycles. The molecule has 13 heavy (non-hydrogen) atoms. The lowest BCUT2D eigenvalue weighted by molar-refractivity contribution is 0.269. The van der Waals surface area contributed by atoms with Crippen molar-refractivity contribution in [2.45, 2.75) is 11.8 Å². The van der Waals surface area contributed by atoms with Gasteiger partial charge in [0.15, 0.2) is 0 Å². The zero-order chi connectivity index (χ0) is 8.89. The fourth-order valence-electron chi connectivity index (χ4n) is 2.50. The van der Waals surface area contributed by atoms with Gasteiger partial charge >= 0.3 is 0 Å². The number of aliphatic hydroxyl groups is 1. The van der Waals surface area contributed by atoms with Crippen LogP contribution in [-0.2, 0) is 5.41 Å². The standard InChI is InChI=1S/C12H12O/c13-8-10-7-12(10)6-5-9-3-1-2-4-11(9)12/h1-6,10,13H,7-8H2/t10-,12+/m0/s1. The summed E-state index contributed by atoms with van der Waals surface area (Å²) in [7, 11) is 0. The smallest absolute Gasteiger partial charge is 0.0471 e. The average molecular weight is 172 g/mol. The van der Waals surface area contributed by atoms with Gasteiger partial charge in [-0.3, -0.25) is 0 Å². The van der Waals surface area contributed by atoms with E-state index in [1.165, 1.54) is 11.1 Å². The second-order valence-corrected chi connectivity index (χ2v) is 4.04. The molecule has 0 bridgehead atoms. The van der Waals surface area contributed by atoms with E-state index in [1.807, 2.05) is 0 Å². The first kappa shape index (κ1) is 7.34. The molecule has 2 atom stereocenters. The van der Waals surface area contributed by atoms with Crippen molar-refractivity contribution in [3.63, 3.8) is 0 Å². The summed E-state index contributed by atoms with van der Waals surface area (Å²) in [6, 6.07) is 8.48. The summed E-state index contributed by atoms with van der Waals surface area (Å²) >= 11 is 0. The van der Waals surface area contributed by atoms with Gasteiger partial charge in [-0.05, 0) is 23.5 Å². The Kier molecular flexibility index (Phi) is 1.26. The number of benzene rings is 1. The quantitative estimate of drug-likeness (QED) is 0.686. The molecule has 1 fully saturated rings. The highest BCUT2D eigenvalue weighted by atomic mass is 16.3. The molecule has 2 aliphatic carbocycles. The molecule has 1 aromatic rings. The minimum absolute atomic E-state index is 0.214. The van der Waals surface area contributed by atoms with Crippen molar-refractivity contribution in [3.05, 3.63) is 41.5 Å². The molecule has 0 aromatic heterocycles. The number of hydrogen-bond donors (Lipinski definition) is 1. The largest absolute Gasteiger partial charge is 0.396 e. The maximum atomic E-state index is 9.12. The van der Waals surface area contributed by atoms with Crippen LogP contribution in [0, 0.1) is 5.92 Å². The van der Waals surface area contributed by atoms with Gasteiger partial charge in [0.25, 0.3) is 0 Å². The normalized spacial score (nSPS) is 33.8. The highest BCUT2D eigenvalue weighted by Gasteiger charge is 2.55. The van der Waals surface area contributed by atoms with Crippen LogP contribution in [-0.4, -0.2) is 11.7 Å². The predicted molar refractivity (Wildman–Crippen MR) is 52.3 cm³/mol. The third-order valence-electron chi connectivity index (χ3n) is 3.40. The molecule has 0 amide bonds. The topological polar surface area (TPSA) is 20.2 Å². The van der Waals surface area contributed by atoms with Crippen LogP contribution in [0.25, 0.3) is 6.08 Å². The zero-order valence-electron chi connectivity index (χ0n) is 7.40. The number of aliphatic hydroxyl groups excluding tert-OH is 1. The SMILES string of the molecule is OC[C@@H]1C[C@]12C=Cc1ccccc12. The molecular formula is C12H12O. The summed E-state index contributed by atoms with van der Waals surface area (Å²) in [4.78, 5) is 0. The summed E-state index contributed by atoms with van der Waals surface area (Å²) in [6.45, 7) is 0.318. The van der Waals surface area contributed by atoms with Crippen molar-refractivity contribution in [3.8, 4) is 0 Å². The summed E-state index contributed by atoms with van der Waals surface area (Å²) in [6.07, 6.45) is 5.57. The molecule has 1 aromatic carbocycles. The highest BCUT2D eigenvalue weighted by molar-refractivity contribution is 5.68. The molecule has 0 unspecified atom stereocenters. The first-order valence-electron chi connectivity index (χ1n) is 4.76. The zero-order valence-corrected chi connectivity index (χ0v) is 7.40. The van der Waals surface area contributed by atoms with Crippen LogP contribution < -0.4 is 0 Å². The van der Waals surface area contributed by atoms with E-state index in [0.717, 1.165) is 6.42 Å². The van der Waals surface area contributed by atoms with E-state index < -0.39 is 0 Å². The molecule has 3 rings (SSSR count). The van der Waals surface area contributed by atoms with Crippen LogP contribution >= 0.6 is 0 Å². The van der Waals surface area contributed by atoms with Gasteiger partial charge in [0.05, 0.1) is 0 Å². The number of hydrogen-bond acceptors (Lipinski definition) is 1. The second-order valence-electron chi connectivity index (χ2n) is 4.04. The number of rotatable bonds is 1. The lowest BCUT2D eigenvalue weighted by Gasteiger charge is -2.08. The third kappa shape index (κ3) is 0.802. The molecule has 0 heterocycles. The van der Waals surface area contributed by atoms with Crippen LogP contribution in [0.3, 0.4) is 0 Å². The first-order chi connectivity index (χ1) is 6.37. The Morgan fingerprint density at radius 2 is 2.23 bits per heavy atom. The Balaban J connectivity index is 2.10. The lowest BCUT2D eigenvalue weighted by atomic mass is 9.96. The third-order valence-corrected chi connectivity index (χ3v) is 3.40. The Bertz CT molecular complexity index is 380. The highest BCUT2D eigenvalue weighted by Crippen LogP contribution is 2.59. The maximum Gasteiger partial charge on any atom is 0.0471 e. The molecule has 2 aliphatic rings. The van der Waals surface area contributed by atoms with E-state index in [4.69, 9.17) is 5.11 Å². The van der Waals surface area contributed by atoms with Crippen molar-refractivity contribution < 1.29 is 5.11 Å². The van der Waals surface area contributed by atoms with Gasteiger partial charge < -0.3 is 5.11 Å². The van der Waals surface area contributed by atoms with E-state index >= 15 is 0 Å². The molecular weight excluding hydrogens is 160 g/mol. The average Bonchev–Trinajstić information content (AvgIpc) is 2.78. The summed E-state index contributed by atoms with van der Waals surface area (Å²) in [5.74, 6) is 0.465. The Labute approximate surface area is 77.7 Å². The molecule has 1 N–H and O–H groups in total. The van der Waals surface area contributed by atoms with Gasteiger partial charge in [-0.2, -0.15) is 0 Å². The molecule has 1 nitrogen and oxygen atoms in total. The number of allylic oxidation sites excluding steroid dienone is 1. The predicted octanol–water partition coefficient (Wildman–Crippen LogP) is 1.96. The molecule has 1 saturated carbocycles. The monoisotopic (exact) mass is 172 g/mol. The molecule has 1 spiro atoms. The molecule has 0 aliphatic heterocycles. The van der Waals surface area contributed by atoms with Gasteiger partial charge in [0, 0.05) is 12.0 Å². The van der Waals surface area contributed by atoms with E-state index in [2.05, 4.69) is 36.4 Å². The second kappa shape index (κ2) is 2.24. The van der Waals surface area contributed by atoms with E-state index in [9.17, 15) is 0 Å². The van der Waals surface area contributed by atoms with E-state index in [-0.39, 0.29) is 5.41 Å². The van der Waals surface area contributed by atoms with Crippen molar-refractivity contribution in [1.29, 1.82) is 0 Å². The van der Waals surface area contributed by atoms with Crippen LogP contribution in [0.15, 0.2) is 30.3 Å². The van der Waals surface area contributed by atoms with Crippen molar-refractivity contribution >= 4 is 6.08 Å². The van der Waals surface area contributed by atoms with Crippen LogP contribution in [0.4, 0.5) is 0 Å². The van der Waals surface area contributed by atoms with Gasteiger partial charge in [-0.1, -0.05) is 36.4 Å². The fourth-order valence-corrected chi connectivity index (χ4v) is 2.50. The van der Waals surface area contributed by atoms with E-state index in [0.29, 0.717) is 12.5 Å². The lowest BCUT2D eigenvalue weighted by Crippen LogP contribution is -2.05. The maximum absolute atomic E-state index is 9.12. The molecule has 1 heteroatoms. The van der Waals surface area contributed by atoms with Crippen LogP contribution in [0.2, 0.25) is 0 Å². The van der Waals surface area contributed by atoms with Gasteiger partial charge in [0.1, 0.15) is 0 Å². The summed E-state index contributed by atoms with van der Waals surface area (Å²) in [5, 5.41) is 9.12. The van der Waals surface area contributed by atoms with Gasteiger partial charge in [0.2, 0.25) is 0 Å². The summed E-state index contributed by atoms with van der Waals surface area (Å²) < 4.78 is 0. The molecule has 0 radical (unpaired) electrons. The van der Waals surface area contributed by atoms with E-state index in [1.54, 1.807) is 0 Å².